The van der Waals surface area contributed by atoms with Gasteiger partial charge in [0.15, 0.2) is 0 Å². The fourth-order valence-electron chi connectivity index (χ4n) is 3.46. The van der Waals surface area contributed by atoms with Gasteiger partial charge in [-0.05, 0) is 37.5 Å². The van der Waals surface area contributed by atoms with Crippen LogP contribution in [0.15, 0.2) is 59.5 Å². The number of ether oxygens (including phenoxy) is 1. The van der Waals surface area contributed by atoms with E-state index >= 15 is 0 Å². The molecule has 0 spiro atoms. The molecule has 1 heterocycles. The van der Waals surface area contributed by atoms with Gasteiger partial charge in [-0.25, -0.2) is 8.42 Å². The Kier molecular flexibility index (Phi) is 5.37. The first-order chi connectivity index (χ1) is 12.3. The number of methoxy groups -OCH3 is 1. The lowest BCUT2D eigenvalue weighted by molar-refractivity contribution is -0.0406. The van der Waals surface area contributed by atoms with Crippen molar-refractivity contribution < 1.29 is 18.3 Å². The number of sulfonamides is 1. The number of piperidine rings is 1. The highest BCUT2D eigenvalue weighted by Gasteiger charge is 2.42. The molecule has 2 aromatic rings. The van der Waals surface area contributed by atoms with Crippen LogP contribution in [0.5, 0.6) is 5.75 Å². The van der Waals surface area contributed by atoms with Gasteiger partial charge in [0.25, 0.3) is 0 Å². The van der Waals surface area contributed by atoms with E-state index in [0.717, 1.165) is 5.56 Å². The molecule has 1 aliphatic heterocycles. The Morgan fingerprint density at radius 1 is 1.15 bits per heavy atom. The van der Waals surface area contributed by atoms with Crippen molar-refractivity contribution in [3.05, 3.63) is 60.2 Å². The highest BCUT2D eigenvalue weighted by Crippen LogP contribution is 2.35. The zero-order chi connectivity index (χ0) is 18.8. The van der Waals surface area contributed by atoms with Crippen molar-refractivity contribution in [3.8, 4) is 5.75 Å². The highest BCUT2D eigenvalue weighted by molar-refractivity contribution is 7.89. The molecule has 6 heteroatoms. The summed E-state index contributed by atoms with van der Waals surface area (Å²) in [5, 5.41) is 10.8. The summed E-state index contributed by atoms with van der Waals surface area (Å²) in [6.45, 7) is 2.37. The molecule has 1 fully saturated rings. The molecule has 1 N–H and O–H groups in total. The maximum atomic E-state index is 13.1. The molecule has 0 amide bonds. The zero-order valence-corrected chi connectivity index (χ0v) is 15.9. The Hall–Kier alpha value is -1.89. The molecule has 1 saturated heterocycles. The molecule has 3 rings (SSSR count). The molecular formula is C20H25NO4S. The number of benzene rings is 2. The molecule has 140 valence electrons. The quantitative estimate of drug-likeness (QED) is 0.873. The number of aliphatic hydroxyl groups is 1. The van der Waals surface area contributed by atoms with Crippen molar-refractivity contribution in [2.75, 3.05) is 20.2 Å². The van der Waals surface area contributed by atoms with Crippen LogP contribution >= 0.6 is 0 Å². The molecule has 1 aliphatic rings. The first-order valence-electron chi connectivity index (χ1n) is 8.74. The maximum absolute atomic E-state index is 13.1. The van der Waals surface area contributed by atoms with Crippen molar-refractivity contribution in [1.82, 2.24) is 4.31 Å². The fourth-order valence-corrected chi connectivity index (χ4v) is 5.10. The second kappa shape index (κ2) is 7.39. The van der Waals surface area contributed by atoms with Crippen molar-refractivity contribution in [3.63, 3.8) is 0 Å². The molecule has 5 nitrogen and oxygen atoms in total. The number of hydrogen-bond acceptors (Lipinski definition) is 4. The first kappa shape index (κ1) is 18.9. The summed E-state index contributed by atoms with van der Waals surface area (Å²) < 4.78 is 33.0. The lowest BCUT2D eigenvalue weighted by Crippen LogP contribution is -2.52. The largest absolute Gasteiger partial charge is 0.495 e. The van der Waals surface area contributed by atoms with Crippen LogP contribution in [0.2, 0.25) is 0 Å². The number of para-hydroxylation sites is 1. The number of hydrogen-bond donors (Lipinski definition) is 1. The van der Waals surface area contributed by atoms with Crippen LogP contribution in [-0.4, -0.2) is 43.6 Å². The van der Waals surface area contributed by atoms with E-state index in [9.17, 15) is 13.5 Å². The summed E-state index contributed by atoms with van der Waals surface area (Å²) in [5.41, 5.74) is 0.192. The second-order valence-corrected chi connectivity index (χ2v) is 8.91. The molecule has 26 heavy (non-hydrogen) atoms. The summed E-state index contributed by atoms with van der Waals surface area (Å²) >= 11 is 0. The minimum Gasteiger partial charge on any atom is -0.495 e. The van der Waals surface area contributed by atoms with Crippen molar-refractivity contribution >= 4 is 10.0 Å². The van der Waals surface area contributed by atoms with E-state index in [1.165, 1.54) is 11.4 Å². The van der Waals surface area contributed by atoms with E-state index in [-0.39, 0.29) is 17.4 Å². The first-order valence-corrected chi connectivity index (χ1v) is 10.2. The third-order valence-corrected chi connectivity index (χ3v) is 7.09. The van der Waals surface area contributed by atoms with Crippen LogP contribution in [0.4, 0.5) is 0 Å². The molecule has 0 radical (unpaired) electrons. The average molecular weight is 375 g/mol. The van der Waals surface area contributed by atoms with Gasteiger partial charge >= 0.3 is 0 Å². The van der Waals surface area contributed by atoms with Gasteiger partial charge in [0, 0.05) is 19.0 Å². The minimum absolute atomic E-state index is 0.169. The van der Waals surface area contributed by atoms with E-state index in [0.29, 0.717) is 25.1 Å². The summed E-state index contributed by atoms with van der Waals surface area (Å²) in [6.07, 6.45) is 1.03. The Morgan fingerprint density at radius 3 is 2.50 bits per heavy atom. The SMILES string of the molecule is COc1ccccc1S(=O)(=O)N1CC[C@@](C)(O)[C@@H](Cc2ccccc2)C1. The smallest absolute Gasteiger partial charge is 0.246 e. The molecule has 0 saturated carbocycles. The van der Waals surface area contributed by atoms with Crippen molar-refractivity contribution in [1.29, 1.82) is 0 Å². The van der Waals surface area contributed by atoms with E-state index < -0.39 is 15.6 Å². The Labute approximate surface area is 155 Å². The van der Waals surface area contributed by atoms with Crippen LogP contribution in [0, 0.1) is 5.92 Å². The lowest BCUT2D eigenvalue weighted by atomic mass is 9.79. The van der Waals surface area contributed by atoms with Gasteiger partial charge in [-0.15, -0.1) is 0 Å². The predicted molar refractivity (Wildman–Crippen MR) is 101 cm³/mol. The fraction of sp³-hybridized carbons (Fsp3) is 0.400. The second-order valence-electron chi connectivity index (χ2n) is 7.01. The number of rotatable bonds is 5. The maximum Gasteiger partial charge on any atom is 0.246 e. The van der Waals surface area contributed by atoms with Crippen LogP contribution in [-0.2, 0) is 16.4 Å². The van der Waals surface area contributed by atoms with Crippen LogP contribution in [0.3, 0.4) is 0 Å². The topological polar surface area (TPSA) is 66.8 Å². The van der Waals surface area contributed by atoms with Crippen LogP contribution < -0.4 is 4.74 Å². The van der Waals surface area contributed by atoms with Gasteiger partial charge in [0.05, 0.1) is 12.7 Å². The summed E-state index contributed by atoms with van der Waals surface area (Å²) in [5.74, 6) is 0.160. The van der Waals surface area contributed by atoms with E-state index in [1.54, 1.807) is 31.2 Å². The van der Waals surface area contributed by atoms with Gasteiger partial charge in [0.2, 0.25) is 10.0 Å². The van der Waals surface area contributed by atoms with Crippen LogP contribution in [0.25, 0.3) is 0 Å². The molecular weight excluding hydrogens is 350 g/mol. The van der Waals surface area contributed by atoms with Gasteiger partial charge in [0.1, 0.15) is 10.6 Å². The zero-order valence-electron chi connectivity index (χ0n) is 15.1. The molecule has 0 aromatic heterocycles. The third kappa shape index (κ3) is 3.77. The van der Waals surface area contributed by atoms with Crippen LogP contribution in [0.1, 0.15) is 18.9 Å². The Morgan fingerprint density at radius 2 is 1.81 bits per heavy atom. The minimum atomic E-state index is -3.68. The van der Waals surface area contributed by atoms with Gasteiger partial charge in [-0.2, -0.15) is 4.31 Å². The average Bonchev–Trinajstić information content (AvgIpc) is 2.64. The predicted octanol–water partition coefficient (Wildman–Crippen LogP) is 2.70. The molecule has 0 aliphatic carbocycles. The standard InChI is InChI=1S/C20H25NO4S/c1-20(22)12-13-21(15-17(20)14-16-8-4-3-5-9-16)26(23,24)19-11-7-6-10-18(19)25-2/h3-11,17,22H,12-15H2,1-2H3/t17-,20+/m0/s1. The highest BCUT2D eigenvalue weighted by atomic mass is 32.2. The summed E-state index contributed by atoms with van der Waals surface area (Å²) in [6, 6.07) is 16.5. The molecule has 0 unspecified atom stereocenters. The van der Waals surface area contributed by atoms with Gasteiger partial charge in [-0.3, -0.25) is 0 Å². The summed E-state index contributed by atoms with van der Waals surface area (Å²) in [7, 11) is -2.22. The van der Waals surface area contributed by atoms with E-state index in [1.807, 2.05) is 30.3 Å². The van der Waals surface area contributed by atoms with Gasteiger partial charge < -0.3 is 9.84 Å². The Bertz CT molecular complexity index is 849. The third-order valence-electron chi connectivity index (χ3n) is 5.18. The van der Waals surface area contributed by atoms with E-state index in [4.69, 9.17) is 4.74 Å². The normalized spacial score (nSPS) is 24.3. The monoisotopic (exact) mass is 375 g/mol. The van der Waals surface area contributed by atoms with Crippen molar-refractivity contribution in [2.24, 2.45) is 5.92 Å². The lowest BCUT2D eigenvalue weighted by Gasteiger charge is -2.42. The van der Waals surface area contributed by atoms with E-state index in [2.05, 4.69) is 0 Å². The molecule has 2 atom stereocenters. The number of nitrogens with zero attached hydrogens (tertiary/aromatic N) is 1. The molecule has 2 aromatic carbocycles. The Balaban J connectivity index is 1.87. The van der Waals surface area contributed by atoms with Crippen molar-refractivity contribution in [2.45, 2.75) is 30.3 Å². The van der Waals surface area contributed by atoms with Gasteiger partial charge in [-0.1, -0.05) is 42.5 Å². The molecule has 0 bridgehead atoms. The summed E-state index contributed by atoms with van der Waals surface area (Å²) in [4.78, 5) is 0.169.